The third kappa shape index (κ3) is 3.01. The first kappa shape index (κ1) is 12.4. The summed E-state index contributed by atoms with van der Waals surface area (Å²) in [6, 6.07) is 6.97. The normalized spacial score (nSPS) is 10.1. The van der Waals surface area contributed by atoms with Crippen LogP contribution in [0.5, 0.6) is 0 Å². The predicted octanol–water partition coefficient (Wildman–Crippen LogP) is 2.53. The van der Waals surface area contributed by atoms with Crippen LogP contribution in [0.1, 0.15) is 23.0 Å². The van der Waals surface area contributed by atoms with Gasteiger partial charge < -0.3 is 5.32 Å². The van der Waals surface area contributed by atoms with Gasteiger partial charge in [-0.2, -0.15) is 0 Å². The van der Waals surface area contributed by atoms with Crippen molar-refractivity contribution in [2.24, 2.45) is 0 Å². The number of para-hydroxylation sites is 1. The second-order valence-corrected chi connectivity index (χ2v) is 4.53. The van der Waals surface area contributed by atoms with Gasteiger partial charge in [0, 0.05) is 10.9 Å². The molecule has 0 aliphatic rings. The number of anilines is 1. The highest BCUT2D eigenvalue weighted by Crippen LogP contribution is 2.16. The van der Waals surface area contributed by atoms with Crippen molar-refractivity contribution in [3.05, 3.63) is 46.4 Å². The van der Waals surface area contributed by atoms with E-state index < -0.39 is 0 Å². The number of aromatic nitrogens is 1. The molecule has 0 bridgehead atoms. The molecule has 2 rings (SSSR count). The van der Waals surface area contributed by atoms with Gasteiger partial charge in [-0.05, 0) is 19.1 Å². The van der Waals surface area contributed by atoms with E-state index in [-0.39, 0.29) is 18.1 Å². The average molecular weight is 260 g/mol. The summed E-state index contributed by atoms with van der Waals surface area (Å²) in [5.41, 5.74) is 3.48. The number of thiazole rings is 1. The van der Waals surface area contributed by atoms with Crippen molar-refractivity contribution in [3.63, 3.8) is 0 Å². The number of ketones is 1. The van der Waals surface area contributed by atoms with E-state index in [0.29, 0.717) is 11.3 Å². The highest BCUT2D eigenvalue weighted by Gasteiger charge is 2.10. The zero-order valence-electron chi connectivity index (χ0n) is 9.84. The Balaban J connectivity index is 2.09. The van der Waals surface area contributed by atoms with E-state index >= 15 is 0 Å². The lowest BCUT2D eigenvalue weighted by atomic mass is 10.1. The van der Waals surface area contributed by atoms with Gasteiger partial charge in [0.15, 0.2) is 5.78 Å². The Morgan fingerprint density at radius 3 is 2.78 bits per heavy atom. The van der Waals surface area contributed by atoms with Gasteiger partial charge in [0.05, 0.1) is 23.3 Å². The van der Waals surface area contributed by atoms with E-state index in [4.69, 9.17) is 0 Å². The number of benzene rings is 1. The van der Waals surface area contributed by atoms with Crippen molar-refractivity contribution in [2.45, 2.75) is 13.3 Å². The standard InChI is InChI=1S/C13H12N2O2S/c1-9(16)11-4-2-3-5-12(11)15-13(17)6-10-7-18-8-14-10/h2-5,7-8H,6H2,1H3,(H,15,17). The highest BCUT2D eigenvalue weighted by atomic mass is 32.1. The van der Waals surface area contributed by atoms with Crippen molar-refractivity contribution in [3.8, 4) is 0 Å². The molecule has 92 valence electrons. The fourth-order valence-electron chi connectivity index (χ4n) is 1.58. The molecule has 18 heavy (non-hydrogen) atoms. The van der Waals surface area contributed by atoms with Crippen molar-refractivity contribution in [1.82, 2.24) is 4.98 Å². The largest absolute Gasteiger partial charge is 0.325 e. The number of carbonyl (C=O) groups excluding carboxylic acids is 2. The summed E-state index contributed by atoms with van der Waals surface area (Å²) in [7, 11) is 0. The number of rotatable bonds is 4. The van der Waals surface area contributed by atoms with Crippen LogP contribution in [-0.4, -0.2) is 16.7 Å². The molecule has 4 nitrogen and oxygen atoms in total. The Kier molecular flexibility index (Phi) is 3.84. The van der Waals surface area contributed by atoms with E-state index in [1.54, 1.807) is 29.8 Å². The maximum Gasteiger partial charge on any atom is 0.230 e. The van der Waals surface area contributed by atoms with Crippen LogP contribution in [-0.2, 0) is 11.2 Å². The molecule has 0 saturated carbocycles. The molecule has 0 aliphatic carbocycles. The van der Waals surface area contributed by atoms with Crippen molar-refractivity contribution >= 4 is 28.7 Å². The van der Waals surface area contributed by atoms with Gasteiger partial charge in [-0.25, -0.2) is 4.98 Å². The third-order valence-electron chi connectivity index (χ3n) is 2.41. The minimum Gasteiger partial charge on any atom is -0.325 e. The summed E-state index contributed by atoms with van der Waals surface area (Å²) in [5, 5.41) is 4.56. The number of amides is 1. The summed E-state index contributed by atoms with van der Waals surface area (Å²) in [5.74, 6) is -0.242. The molecule has 0 radical (unpaired) electrons. The van der Waals surface area contributed by atoms with Crippen LogP contribution in [0.25, 0.3) is 0 Å². The lowest BCUT2D eigenvalue weighted by Crippen LogP contribution is -2.16. The summed E-state index contributed by atoms with van der Waals surface area (Å²) >= 11 is 1.45. The Morgan fingerprint density at radius 2 is 2.11 bits per heavy atom. The molecular formula is C13H12N2O2S. The molecule has 1 aromatic heterocycles. The number of hydrogen-bond acceptors (Lipinski definition) is 4. The van der Waals surface area contributed by atoms with Crippen molar-refractivity contribution in [1.29, 1.82) is 0 Å². The number of Topliss-reactive ketones (excluding diaryl/α,β-unsaturated/α-hetero) is 1. The predicted molar refractivity (Wildman–Crippen MR) is 70.9 cm³/mol. The molecule has 5 heteroatoms. The summed E-state index contributed by atoms with van der Waals surface area (Å²) in [6.07, 6.45) is 0.218. The number of nitrogens with zero attached hydrogens (tertiary/aromatic N) is 1. The molecule has 1 aromatic carbocycles. The molecule has 1 N–H and O–H groups in total. The van der Waals surface area contributed by atoms with Crippen LogP contribution in [0.15, 0.2) is 35.2 Å². The first-order valence-corrected chi connectivity index (χ1v) is 6.38. The second kappa shape index (κ2) is 5.55. The SMILES string of the molecule is CC(=O)c1ccccc1NC(=O)Cc1cscn1. The highest BCUT2D eigenvalue weighted by molar-refractivity contribution is 7.07. The van der Waals surface area contributed by atoms with Gasteiger partial charge in [-0.15, -0.1) is 11.3 Å². The third-order valence-corrected chi connectivity index (χ3v) is 3.04. The maximum absolute atomic E-state index is 11.8. The Bertz CT molecular complexity index is 564. The average Bonchev–Trinajstić information content (AvgIpc) is 2.82. The minimum atomic E-state index is -0.172. The molecule has 0 unspecified atom stereocenters. The van der Waals surface area contributed by atoms with Crippen molar-refractivity contribution in [2.75, 3.05) is 5.32 Å². The van der Waals surface area contributed by atoms with Crippen molar-refractivity contribution < 1.29 is 9.59 Å². The second-order valence-electron chi connectivity index (χ2n) is 3.81. The Hall–Kier alpha value is -2.01. The number of nitrogens with one attached hydrogen (secondary N) is 1. The zero-order valence-corrected chi connectivity index (χ0v) is 10.7. The van der Waals surface area contributed by atoms with Gasteiger partial charge in [-0.1, -0.05) is 12.1 Å². The molecule has 1 amide bonds. The van der Waals surface area contributed by atoms with Gasteiger partial charge in [0.25, 0.3) is 0 Å². The summed E-state index contributed by atoms with van der Waals surface area (Å²) < 4.78 is 0. The van der Waals surface area contributed by atoms with E-state index in [1.807, 2.05) is 5.38 Å². The zero-order chi connectivity index (χ0) is 13.0. The molecular weight excluding hydrogens is 248 g/mol. The number of carbonyl (C=O) groups is 2. The van der Waals surface area contributed by atoms with Gasteiger partial charge in [0.2, 0.25) is 5.91 Å². The smallest absolute Gasteiger partial charge is 0.230 e. The molecule has 0 atom stereocenters. The first-order valence-electron chi connectivity index (χ1n) is 5.43. The summed E-state index contributed by atoms with van der Waals surface area (Å²) in [4.78, 5) is 27.2. The fraction of sp³-hybridized carbons (Fsp3) is 0.154. The molecule has 0 fully saturated rings. The van der Waals surface area contributed by atoms with E-state index in [9.17, 15) is 9.59 Å². The lowest BCUT2D eigenvalue weighted by molar-refractivity contribution is -0.115. The van der Waals surface area contributed by atoms with E-state index in [2.05, 4.69) is 10.3 Å². The molecule has 0 saturated heterocycles. The van der Waals surface area contributed by atoms with E-state index in [1.165, 1.54) is 18.3 Å². The minimum absolute atomic E-state index is 0.0699. The van der Waals surface area contributed by atoms with Gasteiger partial charge in [-0.3, -0.25) is 9.59 Å². The maximum atomic E-state index is 11.8. The summed E-state index contributed by atoms with van der Waals surface area (Å²) in [6.45, 7) is 1.48. The molecule has 1 heterocycles. The van der Waals surface area contributed by atoms with Crippen LogP contribution in [0.4, 0.5) is 5.69 Å². The molecule has 2 aromatic rings. The monoisotopic (exact) mass is 260 g/mol. The number of hydrogen-bond donors (Lipinski definition) is 1. The van der Waals surface area contributed by atoms with Gasteiger partial charge in [0.1, 0.15) is 0 Å². The first-order chi connectivity index (χ1) is 8.66. The molecule has 0 spiro atoms. The van der Waals surface area contributed by atoms with E-state index in [0.717, 1.165) is 5.69 Å². The van der Waals surface area contributed by atoms with Crippen LogP contribution >= 0.6 is 11.3 Å². The Morgan fingerprint density at radius 1 is 1.33 bits per heavy atom. The lowest BCUT2D eigenvalue weighted by Gasteiger charge is -2.08. The van der Waals surface area contributed by atoms with Crippen LogP contribution in [0.2, 0.25) is 0 Å². The van der Waals surface area contributed by atoms with Crippen LogP contribution < -0.4 is 5.32 Å². The fourth-order valence-corrected chi connectivity index (χ4v) is 2.14. The molecule has 0 aliphatic heterocycles. The topological polar surface area (TPSA) is 59.1 Å². The quantitative estimate of drug-likeness (QED) is 0.859. The van der Waals surface area contributed by atoms with Crippen LogP contribution in [0.3, 0.4) is 0 Å². The Labute approximate surface area is 109 Å². The van der Waals surface area contributed by atoms with Crippen LogP contribution in [0, 0.1) is 0 Å². The van der Waals surface area contributed by atoms with Gasteiger partial charge >= 0.3 is 0 Å².